The SMILES string of the molecule is CCOC(=O)NC(c1ccc([N+](=O)[O-])cc1)C1CCCCC1=O. The molecule has 7 nitrogen and oxygen atoms in total. The third-order valence-electron chi connectivity index (χ3n) is 4.02. The molecule has 1 fully saturated rings. The minimum atomic E-state index is -0.589. The number of hydrogen-bond donors (Lipinski definition) is 1. The zero-order valence-electron chi connectivity index (χ0n) is 13.0. The van der Waals surface area contributed by atoms with Crippen molar-refractivity contribution in [1.29, 1.82) is 0 Å². The predicted octanol–water partition coefficient (Wildman–Crippen LogP) is 3.14. The number of Topliss-reactive ketones (excluding diaryl/α,β-unsaturated/α-hetero) is 1. The lowest BCUT2D eigenvalue weighted by molar-refractivity contribution is -0.384. The summed E-state index contributed by atoms with van der Waals surface area (Å²) in [7, 11) is 0. The third-order valence-corrected chi connectivity index (χ3v) is 4.02. The lowest BCUT2D eigenvalue weighted by Crippen LogP contribution is -2.38. The average molecular weight is 320 g/mol. The van der Waals surface area contributed by atoms with Crippen LogP contribution in [0.5, 0.6) is 0 Å². The quantitative estimate of drug-likeness (QED) is 0.663. The lowest BCUT2D eigenvalue weighted by atomic mass is 9.80. The fourth-order valence-corrected chi connectivity index (χ4v) is 2.88. The maximum absolute atomic E-state index is 12.2. The smallest absolute Gasteiger partial charge is 0.407 e. The normalized spacial score (nSPS) is 19.0. The second kappa shape index (κ2) is 7.71. The highest BCUT2D eigenvalue weighted by Crippen LogP contribution is 2.33. The lowest BCUT2D eigenvalue weighted by Gasteiger charge is -2.29. The van der Waals surface area contributed by atoms with Gasteiger partial charge in [-0.3, -0.25) is 14.9 Å². The Kier molecular flexibility index (Phi) is 5.67. The summed E-state index contributed by atoms with van der Waals surface area (Å²) in [5.41, 5.74) is 0.641. The van der Waals surface area contributed by atoms with Crippen molar-refractivity contribution in [2.75, 3.05) is 6.61 Å². The van der Waals surface area contributed by atoms with E-state index in [4.69, 9.17) is 4.74 Å². The van der Waals surface area contributed by atoms with Gasteiger partial charge >= 0.3 is 6.09 Å². The second-order valence-corrected chi connectivity index (χ2v) is 5.51. The molecular weight excluding hydrogens is 300 g/mol. The first-order valence-electron chi connectivity index (χ1n) is 7.73. The fourth-order valence-electron chi connectivity index (χ4n) is 2.88. The van der Waals surface area contributed by atoms with E-state index in [2.05, 4.69) is 5.32 Å². The predicted molar refractivity (Wildman–Crippen MR) is 83.0 cm³/mol. The van der Waals surface area contributed by atoms with Crippen LogP contribution in [0, 0.1) is 16.0 Å². The van der Waals surface area contributed by atoms with Crippen LogP contribution in [-0.2, 0) is 9.53 Å². The second-order valence-electron chi connectivity index (χ2n) is 5.51. The van der Waals surface area contributed by atoms with Crippen molar-refractivity contribution < 1.29 is 19.2 Å². The number of amides is 1. The third kappa shape index (κ3) is 4.28. The van der Waals surface area contributed by atoms with Crippen LogP contribution in [0.2, 0.25) is 0 Å². The van der Waals surface area contributed by atoms with E-state index in [1.807, 2.05) is 0 Å². The van der Waals surface area contributed by atoms with Crippen LogP contribution in [0.15, 0.2) is 24.3 Å². The molecule has 1 amide bonds. The fraction of sp³-hybridized carbons (Fsp3) is 0.500. The van der Waals surface area contributed by atoms with E-state index < -0.39 is 17.1 Å². The van der Waals surface area contributed by atoms with E-state index in [1.165, 1.54) is 12.1 Å². The molecule has 2 rings (SSSR count). The summed E-state index contributed by atoms with van der Waals surface area (Å²) in [6, 6.07) is 5.39. The van der Waals surface area contributed by atoms with Gasteiger partial charge in [0.15, 0.2) is 0 Å². The van der Waals surface area contributed by atoms with Gasteiger partial charge in [0.25, 0.3) is 5.69 Å². The Balaban J connectivity index is 2.26. The number of non-ortho nitro benzene ring substituents is 1. The van der Waals surface area contributed by atoms with Gasteiger partial charge in [0, 0.05) is 24.5 Å². The van der Waals surface area contributed by atoms with Crippen LogP contribution in [0.4, 0.5) is 10.5 Å². The number of ether oxygens (including phenoxy) is 1. The molecule has 0 saturated heterocycles. The molecule has 2 unspecified atom stereocenters. The summed E-state index contributed by atoms with van der Waals surface area (Å²) in [5, 5.41) is 13.5. The molecule has 1 aliphatic carbocycles. The first kappa shape index (κ1) is 16.9. The summed E-state index contributed by atoms with van der Waals surface area (Å²) < 4.78 is 4.91. The van der Waals surface area contributed by atoms with E-state index in [-0.39, 0.29) is 24.0 Å². The molecule has 1 saturated carbocycles. The Bertz CT molecular complexity index is 585. The molecule has 0 radical (unpaired) electrons. The maximum atomic E-state index is 12.2. The van der Waals surface area contributed by atoms with E-state index in [0.717, 1.165) is 12.8 Å². The van der Waals surface area contributed by atoms with Crippen LogP contribution in [0.1, 0.15) is 44.2 Å². The van der Waals surface area contributed by atoms with Gasteiger partial charge in [0.05, 0.1) is 17.6 Å². The topological polar surface area (TPSA) is 98.5 Å². The number of carbonyl (C=O) groups excluding carboxylic acids is 2. The van der Waals surface area contributed by atoms with E-state index in [9.17, 15) is 19.7 Å². The number of nitrogens with zero attached hydrogens (tertiary/aromatic N) is 1. The zero-order valence-corrected chi connectivity index (χ0v) is 13.0. The van der Waals surface area contributed by atoms with Crippen LogP contribution in [-0.4, -0.2) is 23.4 Å². The van der Waals surface area contributed by atoms with Crippen LogP contribution in [0.25, 0.3) is 0 Å². The summed E-state index contributed by atoms with van der Waals surface area (Å²) in [4.78, 5) is 34.3. The number of nitro benzene ring substituents is 1. The number of carbonyl (C=O) groups is 2. The van der Waals surface area contributed by atoms with Gasteiger partial charge in [-0.15, -0.1) is 0 Å². The Labute approximate surface area is 134 Å². The number of nitro groups is 1. The van der Waals surface area contributed by atoms with E-state index in [1.54, 1.807) is 19.1 Å². The van der Waals surface area contributed by atoms with Gasteiger partial charge in [-0.25, -0.2) is 4.79 Å². The molecule has 124 valence electrons. The highest BCUT2D eigenvalue weighted by atomic mass is 16.6. The van der Waals surface area contributed by atoms with Gasteiger partial charge < -0.3 is 10.1 Å². The van der Waals surface area contributed by atoms with Crippen LogP contribution >= 0.6 is 0 Å². The molecule has 0 aromatic heterocycles. The number of ketones is 1. The number of benzene rings is 1. The molecule has 2 atom stereocenters. The number of hydrogen-bond acceptors (Lipinski definition) is 5. The summed E-state index contributed by atoms with van der Waals surface area (Å²) in [6.07, 6.45) is 2.38. The molecule has 1 N–H and O–H groups in total. The molecular formula is C16H20N2O5. The Morgan fingerprint density at radius 1 is 1.39 bits per heavy atom. The molecule has 1 aromatic carbocycles. The van der Waals surface area contributed by atoms with Gasteiger partial charge in [0.1, 0.15) is 5.78 Å². The first-order chi connectivity index (χ1) is 11.0. The standard InChI is InChI=1S/C16H20N2O5/c1-2-23-16(20)17-15(13-5-3-4-6-14(13)19)11-7-9-12(10-8-11)18(21)22/h7-10,13,15H,2-6H2,1H3,(H,17,20). The van der Waals surface area contributed by atoms with Crippen molar-refractivity contribution in [3.8, 4) is 0 Å². The summed E-state index contributed by atoms with van der Waals surface area (Å²) >= 11 is 0. The van der Waals surface area contributed by atoms with Gasteiger partial charge in [0.2, 0.25) is 0 Å². The number of nitrogens with one attached hydrogen (secondary N) is 1. The Morgan fingerprint density at radius 3 is 2.65 bits per heavy atom. The van der Waals surface area contributed by atoms with Crippen LogP contribution in [0.3, 0.4) is 0 Å². The Hall–Kier alpha value is -2.44. The molecule has 0 heterocycles. The maximum Gasteiger partial charge on any atom is 0.407 e. The minimum absolute atomic E-state index is 0.0291. The van der Waals surface area contributed by atoms with Crippen molar-refractivity contribution in [3.05, 3.63) is 39.9 Å². The van der Waals surface area contributed by atoms with Gasteiger partial charge in [-0.05, 0) is 25.3 Å². The van der Waals surface area contributed by atoms with E-state index in [0.29, 0.717) is 18.4 Å². The minimum Gasteiger partial charge on any atom is -0.450 e. The van der Waals surface area contributed by atoms with Crippen LogP contribution < -0.4 is 5.32 Å². The zero-order chi connectivity index (χ0) is 16.8. The van der Waals surface area contributed by atoms with Gasteiger partial charge in [-0.2, -0.15) is 0 Å². The first-order valence-corrected chi connectivity index (χ1v) is 7.73. The van der Waals surface area contributed by atoms with Crippen molar-refractivity contribution in [1.82, 2.24) is 5.32 Å². The number of alkyl carbamates (subject to hydrolysis) is 1. The summed E-state index contributed by atoms with van der Waals surface area (Å²) in [6.45, 7) is 1.93. The van der Waals surface area contributed by atoms with Crippen molar-refractivity contribution >= 4 is 17.6 Å². The molecule has 0 aliphatic heterocycles. The monoisotopic (exact) mass is 320 g/mol. The Morgan fingerprint density at radius 2 is 2.09 bits per heavy atom. The van der Waals surface area contributed by atoms with Crippen molar-refractivity contribution in [2.45, 2.75) is 38.6 Å². The molecule has 0 spiro atoms. The van der Waals surface area contributed by atoms with E-state index >= 15 is 0 Å². The largest absolute Gasteiger partial charge is 0.450 e. The molecule has 7 heteroatoms. The van der Waals surface area contributed by atoms with Crippen molar-refractivity contribution in [3.63, 3.8) is 0 Å². The van der Waals surface area contributed by atoms with Gasteiger partial charge in [-0.1, -0.05) is 18.6 Å². The molecule has 0 bridgehead atoms. The summed E-state index contributed by atoms with van der Waals surface area (Å²) in [5.74, 6) is -0.217. The van der Waals surface area contributed by atoms with Crippen molar-refractivity contribution in [2.24, 2.45) is 5.92 Å². The highest BCUT2D eigenvalue weighted by Gasteiger charge is 2.33. The molecule has 23 heavy (non-hydrogen) atoms. The molecule has 1 aromatic rings. The average Bonchev–Trinajstić information content (AvgIpc) is 2.54. The number of rotatable bonds is 5. The highest BCUT2D eigenvalue weighted by molar-refractivity contribution is 5.83. The molecule has 1 aliphatic rings.